The topological polar surface area (TPSA) is 69.3 Å². The molecule has 0 saturated carbocycles. The number of H-pyrrole nitrogens is 1. The summed E-state index contributed by atoms with van der Waals surface area (Å²) in [5.41, 5.74) is 1.26. The second kappa shape index (κ2) is 5.91. The Balaban J connectivity index is 2.02. The molecule has 0 aliphatic carbocycles. The number of aromatic nitrogens is 3. The first kappa shape index (κ1) is 15.9. The fourth-order valence-corrected chi connectivity index (χ4v) is 2.17. The fraction of sp³-hybridized carbons (Fsp3) is 0.200. The molecule has 2 heterocycles. The molecule has 0 aliphatic heterocycles. The summed E-state index contributed by atoms with van der Waals surface area (Å²) in [7, 11) is 2.97. The molecule has 1 aromatic carbocycles. The van der Waals surface area contributed by atoms with Gasteiger partial charge in [0, 0.05) is 12.1 Å². The average Bonchev–Trinajstić information content (AvgIpc) is 2.95. The van der Waals surface area contributed by atoms with Crippen LogP contribution in [0.25, 0.3) is 22.6 Å². The van der Waals surface area contributed by atoms with Crippen LogP contribution < -0.4 is 14.2 Å². The number of rotatable bonds is 4. The van der Waals surface area contributed by atoms with E-state index in [1.807, 2.05) is 0 Å². The van der Waals surface area contributed by atoms with Crippen molar-refractivity contribution in [2.24, 2.45) is 0 Å². The SMILES string of the molecule is COc1cnc(-c2nc3cc(OC(F)(F)F)ccc3[nH]2)c(OC)c1. The van der Waals surface area contributed by atoms with Gasteiger partial charge in [0.25, 0.3) is 0 Å². The molecule has 0 saturated heterocycles. The summed E-state index contributed by atoms with van der Waals surface area (Å²) in [6.45, 7) is 0. The van der Waals surface area contributed by atoms with Crippen molar-refractivity contribution in [1.82, 2.24) is 15.0 Å². The molecule has 0 atom stereocenters. The summed E-state index contributed by atoms with van der Waals surface area (Å²) >= 11 is 0. The van der Waals surface area contributed by atoms with Crippen LogP contribution in [0.1, 0.15) is 0 Å². The Kier molecular flexibility index (Phi) is 3.92. The Morgan fingerprint density at radius 3 is 2.50 bits per heavy atom. The van der Waals surface area contributed by atoms with E-state index in [4.69, 9.17) is 9.47 Å². The van der Waals surface area contributed by atoms with Gasteiger partial charge in [-0.05, 0) is 12.1 Å². The number of imidazole rings is 1. The Morgan fingerprint density at radius 2 is 1.83 bits per heavy atom. The Hall–Kier alpha value is -2.97. The average molecular weight is 339 g/mol. The number of benzene rings is 1. The first-order chi connectivity index (χ1) is 11.4. The van der Waals surface area contributed by atoms with Crippen molar-refractivity contribution in [1.29, 1.82) is 0 Å². The number of nitrogens with one attached hydrogen (secondary N) is 1. The molecule has 9 heteroatoms. The van der Waals surface area contributed by atoms with E-state index >= 15 is 0 Å². The van der Waals surface area contributed by atoms with Gasteiger partial charge in [-0.15, -0.1) is 13.2 Å². The van der Waals surface area contributed by atoms with E-state index in [0.29, 0.717) is 34.1 Å². The Bertz CT molecular complexity index is 877. The number of pyridine rings is 1. The summed E-state index contributed by atoms with van der Waals surface area (Å²) < 4.78 is 51.1. The van der Waals surface area contributed by atoms with Gasteiger partial charge in [0.05, 0.1) is 31.4 Å². The van der Waals surface area contributed by atoms with E-state index in [-0.39, 0.29) is 5.75 Å². The largest absolute Gasteiger partial charge is 0.573 e. The molecule has 2 aromatic heterocycles. The van der Waals surface area contributed by atoms with Gasteiger partial charge in [0.15, 0.2) is 11.6 Å². The third kappa shape index (κ3) is 3.19. The van der Waals surface area contributed by atoms with Gasteiger partial charge < -0.3 is 19.2 Å². The molecule has 0 bridgehead atoms. The molecule has 0 radical (unpaired) electrons. The van der Waals surface area contributed by atoms with Crippen LogP contribution in [-0.2, 0) is 0 Å². The predicted molar refractivity (Wildman–Crippen MR) is 79.1 cm³/mol. The van der Waals surface area contributed by atoms with Gasteiger partial charge in [0.2, 0.25) is 0 Å². The number of fused-ring (bicyclic) bond motifs is 1. The predicted octanol–water partition coefficient (Wildman–Crippen LogP) is 3.54. The molecular formula is C15H12F3N3O3. The van der Waals surface area contributed by atoms with Crippen LogP contribution in [0.5, 0.6) is 17.2 Å². The number of ether oxygens (including phenoxy) is 3. The van der Waals surface area contributed by atoms with E-state index in [1.54, 1.807) is 6.07 Å². The van der Waals surface area contributed by atoms with E-state index in [1.165, 1.54) is 38.6 Å². The van der Waals surface area contributed by atoms with Crippen molar-refractivity contribution in [3.05, 3.63) is 30.5 Å². The number of hydrogen-bond donors (Lipinski definition) is 1. The first-order valence-electron chi connectivity index (χ1n) is 6.73. The Morgan fingerprint density at radius 1 is 1.04 bits per heavy atom. The van der Waals surface area contributed by atoms with Gasteiger partial charge in [-0.25, -0.2) is 9.97 Å². The molecule has 6 nitrogen and oxygen atoms in total. The monoisotopic (exact) mass is 339 g/mol. The number of alkyl halides is 3. The molecule has 0 aliphatic rings. The minimum absolute atomic E-state index is 0.312. The molecular weight excluding hydrogens is 327 g/mol. The second-order valence-corrected chi connectivity index (χ2v) is 4.74. The highest BCUT2D eigenvalue weighted by Gasteiger charge is 2.31. The van der Waals surface area contributed by atoms with Gasteiger partial charge in [-0.1, -0.05) is 0 Å². The van der Waals surface area contributed by atoms with Crippen LogP contribution in [0.4, 0.5) is 13.2 Å². The summed E-state index contributed by atoms with van der Waals surface area (Å²) in [5.74, 6) is 0.934. The number of hydrogen-bond acceptors (Lipinski definition) is 5. The lowest BCUT2D eigenvalue weighted by Crippen LogP contribution is -2.16. The van der Waals surface area contributed by atoms with Gasteiger partial charge in [-0.3, -0.25) is 0 Å². The summed E-state index contributed by atoms with van der Waals surface area (Å²) in [6, 6.07) is 5.48. The lowest BCUT2D eigenvalue weighted by Gasteiger charge is -2.07. The maximum Gasteiger partial charge on any atom is 0.573 e. The van der Waals surface area contributed by atoms with E-state index in [9.17, 15) is 13.2 Å². The van der Waals surface area contributed by atoms with Crippen LogP contribution in [0.15, 0.2) is 30.5 Å². The van der Waals surface area contributed by atoms with Crippen LogP contribution in [-0.4, -0.2) is 35.5 Å². The van der Waals surface area contributed by atoms with Crippen LogP contribution >= 0.6 is 0 Å². The maximum atomic E-state index is 12.3. The number of aromatic amines is 1. The highest BCUT2D eigenvalue weighted by Crippen LogP contribution is 2.32. The molecule has 24 heavy (non-hydrogen) atoms. The summed E-state index contributed by atoms with van der Waals surface area (Å²) in [4.78, 5) is 11.4. The third-order valence-electron chi connectivity index (χ3n) is 3.20. The molecule has 126 valence electrons. The second-order valence-electron chi connectivity index (χ2n) is 4.74. The smallest absolute Gasteiger partial charge is 0.495 e. The van der Waals surface area contributed by atoms with Crippen molar-refractivity contribution in [3.63, 3.8) is 0 Å². The fourth-order valence-electron chi connectivity index (χ4n) is 2.17. The third-order valence-corrected chi connectivity index (χ3v) is 3.20. The minimum Gasteiger partial charge on any atom is -0.495 e. The van der Waals surface area contributed by atoms with Crippen molar-refractivity contribution in [2.75, 3.05) is 14.2 Å². The zero-order chi connectivity index (χ0) is 17.3. The van der Waals surface area contributed by atoms with Gasteiger partial charge in [-0.2, -0.15) is 0 Å². The molecule has 1 N–H and O–H groups in total. The number of nitrogens with zero attached hydrogens (tertiary/aromatic N) is 2. The quantitative estimate of drug-likeness (QED) is 0.787. The molecule has 3 rings (SSSR count). The zero-order valence-corrected chi connectivity index (χ0v) is 12.6. The standard InChI is InChI=1S/C15H12F3N3O3/c1-22-9-6-12(23-2)13(19-7-9)14-20-10-4-3-8(5-11(10)21-14)24-15(16,17)18/h3-7H,1-2H3,(H,20,21). The van der Waals surface area contributed by atoms with Crippen molar-refractivity contribution < 1.29 is 27.4 Å². The highest BCUT2D eigenvalue weighted by molar-refractivity contribution is 5.81. The zero-order valence-electron chi connectivity index (χ0n) is 12.6. The number of halogens is 3. The molecule has 0 fully saturated rings. The van der Waals surface area contributed by atoms with E-state index in [2.05, 4.69) is 19.7 Å². The van der Waals surface area contributed by atoms with Crippen molar-refractivity contribution in [2.45, 2.75) is 6.36 Å². The lowest BCUT2D eigenvalue weighted by molar-refractivity contribution is -0.274. The van der Waals surface area contributed by atoms with Crippen LogP contribution in [0, 0.1) is 0 Å². The summed E-state index contributed by atoms with van der Waals surface area (Å²) in [6.07, 6.45) is -3.27. The van der Waals surface area contributed by atoms with Gasteiger partial charge >= 0.3 is 6.36 Å². The van der Waals surface area contributed by atoms with E-state index < -0.39 is 6.36 Å². The molecule has 0 spiro atoms. The summed E-state index contributed by atoms with van der Waals surface area (Å²) in [5, 5.41) is 0. The minimum atomic E-state index is -4.76. The normalized spacial score (nSPS) is 11.5. The molecule has 0 unspecified atom stereocenters. The molecule has 0 amide bonds. The number of methoxy groups -OCH3 is 2. The van der Waals surface area contributed by atoms with Crippen molar-refractivity contribution in [3.8, 4) is 28.8 Å². The van der Waals surface area contributed by atoms with E-state index in [0.717, 1.165) is 0 Å². The Labute approximate surface area is 134 Å². The van der Waals surface area contributed by atoms with Crippen LogP contribution in [0.2, 0.25) is 0 Å². The highest BCUT2D eigenvalue weighted by atomic mass is 19.4. The maximum absolute atomic E-state index is 12.3. The molecule has 3 aromatic rings. The first-order valence-corrected chi connectivity index (χ1v) is 6.73. The van der Waals surface area contributed by atoms with Crippen LogP contribution in [0.3, 0.4) is 0 Å². The van der Waals surface area contributed by atoms with Crippen molar-refractivity contribution >= 4 is 11.0 Å². The van der Waals surface area contributed by atoms with Gasteiger partial charge in [0.1, 0.15) is 17.2 Å². The lowest BCUT2D eigenvalue weighted by atomic mass is 10.3.